The number of aromatic nitrogens is 2. The number of fused-ring (bicyclic) bond motifs is 1. The van der Waals surface area contributed by atoms with Crippen molar-refractivity contribution < 1.29 is 4.79 Å². The Hall–Kier alpha value is -2.47. The Kier molecular flexibility index (Phi) is 5.38. The van der Waals surface area contributed by atoms with E-state index in [1.54, 1.807) is 17.4 Å². The number of carbonyl (C=O) groups is 1. The number of aromatic amines is 1. The number of hydrogen-bond donors (Lipinski definition) is 2. The second-order valence-corrected chi connectivity index (χ2v) is 6.59. The van der Waals surface area contributed by atoms with E-state index in [0.29, 0.717) is 42.5 Å². The van der Waals surface area contributed by atoms with Crippen LogP contribution in [-0.2, 0) is 17.6 Å². The first-order valence-electron chi connectivity index (χ1n) is 7.99. The number of rotatable bonds is 7. The number of para-hydroxylation sites is 1. The monoisotopic (exact) mass is 341 g/mol. The second kappa shape index (κ2) is 7.88. The third kappa shape index (κ3) is 4.29. The lowest BCUT2D eigenvalue weighted by Gasteiger charge is -2.05. The minimum absolute atomic E-state index is 0.0368. The summed E-state index contributed by atoms with van der Waals surface area (Å²) in [5.74, 6) is 0.666. The van der Waals surface area contributed by atoms with Crippen molar-refractivity contribution in [2.45, 2.75) is 25.7 Å². The molecule has 24 heavy (non-hydrogen) atoms. The first-order chi connectivity index (χ1) is 11.7. The van der Waals surface area contributed by atoms with E-state index in [1.165, 1.54) is 4.88 Å². The molecular weight excluding hydrogens is 322 g/mol. The lowest BCUT2D eigenvalue weighted by molar-refractivity contribution is -0.121. The zero-order valence-electron chi connectivity index (χ0n) is 13.2. The molecule has 0 aliphatic rings. The van der Waals surface area contributed by atoms with Gasteiger partial charge in [-0.1, -0.05) is 18.2 Å². The minimum atomic E-state index is -0.129. The van der Waals surface area contributed by atoms with Crippen molar-refractivity contribution in [3.63, 3.8) is 0 Å². The summed E-state index contributed by atoms with van der Waals surface area (Å²) < 4.78 is 0. The summed E-state index contributed by atoms with van der Waals surface area (Å²) in [5, 5.41) is 5.55. The van der Waals surface area contributed by atoms with Gasteiger partial charge in [-0.05, 0) is 36.4 Å². The quantitative estimate of drug-likeness (QED) is 0.694. The zero-order valence-corrected chi connectivity index (χ0v) is 14.1. The number of H-pyrrole nitrogens is 1. The molecule has 6 heteroatoms. The summed E-state index contributed by atoms with van der Waals surface area (Å²) in [5.41, 5.74) is 0.563. The van der Waals surface area contributed by atoms with E-state index in [9.17, 15) is 9.59 Å². The predicted molar refractivity (Wildman–Crippen MR) is 96.3 cm³/mol. The van der Waals surface area contributed by atoms with E-state index >= 15 is 0 Å². The molecule has 1 amide bonds. The molecule has 124 valence electrons. The molecule has 0 atom stereocenters. The predicted octanol–water partition coefficient (Wildman–Crippen LogP) is 2.67. The molecule has 0 spiro atoms. The molecule has 2 heterocycles. The molecule has 0 saturated carbocycles. The maximum absolute atomic E-state index is 12.0. The fourth-order valence-electron chi connectivity index (χ4n) is 2.54. The maximum atomic E-state index is 12.0. The maximum Gasteiger partial charge on any atom is 0.258 e. The molecule has 2 N–H and O–H groups in total. The molecule has 0 unspecified atom stereocenters. The molecule has 0 bridgehead atoms. The highest BCUT2D eigenvalue weighted by molar-refractivity contribution is 7.09. The van der Waals surface area contributed by atoms with Gasteiger partial charge >= 0.3 is 0 Å². The van der Waals surface area contributed by atoms with Gasteiger partial charge in [0.15, 0.2) is 0 Å². The van der Waals surface area contributed by atoms with Crippen LogP contribution in [0.1, 0.15) is 23.5 Å². The highest BCUT2D eigenvalue weighted by Gasteiger charge is 2.05. The SMILES string of the molecule is O=C(CCCc1nc2ccccc2c(=O)[nH]1)NCCc1cccs1. The average Bonchev–Trinajstić information content (AvgIpc) is 3.08. The highest BCUT2D eigenvalue weighted by Crippen LogP contribution is 2.09. The fraction of sp³-hybridized carbons (Fsp3) is 0.278. The Morgan fingerprint density at radius 3 is 2.88 bits per heavy atom. The standard InChI is InChI=1S/C18H19N3O2S/c22-17(19-11-10-13-5-4-12-24-13)9-3-8-16-20-15-7-2-1-6-14(15)18(23)21-16/h1-2,4-7,12H,3,8-11H2,(H,19,22)(H,20,21,23). The summed E-state index contributed by atoms with van der Waals surface area (Å²) in [6.07, 6.45) is 2.54. The van der Waals surface area contributed by atoms with Crippen LogP contribution in [0.4, 0.5) is 0 Å². The largest absolute Gasteiger partial charge is 0.356 e. The molecule has 0 fully saturated rings. The van der Waals surface area contributed by atoms with Crippen LogP contribution in [0.3, 0.4) is 0 Å². The van der Waals surface area contributed by atoms with Gasteiger partial charge in [0.05, 0.1) is 10.9 Å². The number of amides is 1. The average molecular weight is 341 g/mol. The number of benzene rings is 1. The van der Waals surface area contributed by atoms with E-state index in [2.05, 4.69) is 21.4 Å². The number of carbonyl (C=O) groups excluding carboxylic acids is 1. The van der Waals surface area contributed by atoms with Gasteiger partial charge in [0.2, 0.25) is 5.91 Å². The topological polar surface area (TPSA) is 74.8 Å². The van der Waals surface area contributed by atoms with Gasteiger partial charge in [0.1, 0.15) is 5.82 Å². The lowest BCUT2D eigenvalue weighted by atomic mass is 10.2. The molecule has 1 aromatic carbocycles. The van der Waals surface area contributed by atoms with Crippen molar-refractivity contribution in [3.8, 4) is 0 Å². The van der Waals surface area contributed by atoms with Crippen LogP contribution >= 0.6 is 11.3 Å². The van der Waals surface area contributed by atoms with Gasteiger partial charge in [0.25, 0.3) is 5.56 Å². The normalized spacial score (nSPS) is 10.8. The van der Waals surface area contributed by atoms with Crippen molar-refractivity contribution in [2.24, 2.45) is 0 Å². The molecule has 2 aromatic heterocycles. The van der Waals surface area contributed by atoms with Crippen LogP contribution in [-0.4, -0.2) is 22.4 Å². The number of hydrogen-bond acceptors (Lipinski definition) is 4. The van der Waals surface area contributed by atoms with Crippen molar-refractivity contribution >= 4 is 28.1 Å². The molecule has 3 aromatic rings. The molecule has 0 saturated heterocycles. The Bertz CT molecular complexity index is 871. The number of thiophene rings is 1. The van der Waals surface area contributed by atoms with Crippen LogP contribution in [0, 0.1) is 0 Å². The Balaban J connectivity index is 1.46. The smallest absolute Gasteiger partial charge is 0.258 e. The van der Waals surface area contributed by atoms with Crippen LogP contribution in [0.5, 0.6) is 0 Å². The van der Waals surface area contributed by atoms with Crippen LogP contribution in [0.15, 0.2) is 46.6 Å². The van der Waals surface area contributed by atoms with E-state index < -0.39 is 0 Å². The number of aryl methyl sites for hydroxylation is 1. The summed E-state index contributed by atoms with van der Waals surface area (Å²) in [6, 6.07) is 11.3. The minimum Gasteiger partial charge on any atom is -0.356 e. The van der Waals surface area contributed by atoms with Crippen LogP contribution in [0.2, 0.25) is 0 Å². The first-order valence-corrected chi connectivity index (χ1v) is 8.87. The highest BCUT2D eigenvalue weighted by atomic mass is 32.1. The van der Waals surface area contributed by atoms with Crippen molar-refractivity contribution in [1.29, 1.82) is 0 Å². The summed E-state index contributed by atoms with van der Waals surface area (Å²) >= 11 is 1.70. The van der Waals surface area contributed by atoms with Crippen molar-refractivity contribution in [1.82, 2.24) is 15.3 Å². The van der Waals surface area contributed by atoms with Gasteiger partial charge in [-0.15, -0.1) is 11.3 Å². The molecule has 0 aliphatic heterocycles. The van der Waals surface area contributed by atoms with Gasteiger partial charge in [-0.2, -0.15) is 0 Å². The lowest BCUT2D eigenvalue weighted by Crippen LogP contribution is -2.25. The van der Waals surface area contributed by atoms with Gasteiger partial charge in [-0.3, -0.25) is 9.59 Å². The molecule has 5 nitrogen and oxygen atoms in total. The Morgan fingerprint density at radius 1 is 1.17 bits per heavy atom. The van der Waals surface area contributed by atoms with E-state index in [1.807, 2.05) is 29.6 Å². The fourth-order valence-corrected chi connectivity index (χ4v) is 3.25. The van der Waals surface area contributed by atoms with E-state index in [-0.39, 0.29) is 11.5 Å². The van der Waals surface area contributed by atoms with Crippen molar-refractivity contribution in [3.05, 3.63) is 62.8 Å². The Labute approximate surface area is 143 Å². The molecule has 0 radical (unpaired) electrons. The number of nitrogens with one attached hydrogen (secondary N) is 2. The van der Waals surface area contributed by atoms with Crippen molar-refractivity contribution in [2.75, 3.05) is 6.54 Å². The van der Waals surface area contributed by atoms with Gasteiger partial charge in [-0.25, -0.2) is 4.98 Å². The van der Waals surface area contributed by atoms with E-state index in [4.69, 9.17) is 0 Å². The molecule has 3 rings (SSSR count). The van der Waals surface area contributed by atoms with Crippen LogP contribution < -0.4 is 10.9 Å². The first kappa shape index (κ1) is 16.4. The zero-order chi connectivity index (χ0) is 16.8. The molecular formula is C18H19N3O2S. The molecule has 0 aliphatic carbocycles. The third-order valence-electron chi connectivity index (χ3n) is 3.75. The third-order valence-corrected chi connectivity index (χ3v) is 4.69. The Morgan fingerprint density at radius 2 is 2.04 bits per heavy atom. The van der Waals surface area contributed by atoms with Gasteiger partial charge in [0, 0.05) is 24.3 Å². The summed E-state index contributed by atoms with van der Waals surface area (Å²) in [7, 11) is 0. The summed E-state index contributed by atoms with van der Waals surface area (Å²) in [4.78, 5) is 32.3. The number of nitrogens with zero attached hydrogens (tertiary/aromatic N) is 1. The van der Waals surface area contributed by atoms with E-state index in [0.717, 1.165) is 6.42 Å². The second-order valence-electron chi connectivity index (χ2n) is 5.56. The summed E-state index contributed by atoms with van der Waals surface area (Å²) in [6.45, 7) is 0.657. The van der Waals surface area contributed by atoms with Crippen LogP contribution in [0.25, 0.3) is 10.9 Å². The van der Waals surface area contributed by atoms with Gasteiger partial charge < -0.3 is 10.3 Å².